The molecule has 4 atom stereocenters. The number of nitrogens with two attached hydrogens (primary N) is 1. The van der Waals surface area contributed by atoms with Crippen molar-refractivity contribution in [2.24, 2.45) is 17.1 Å². The molecule has 0 heterocycles. The quantitative estimate of drug-likeness (QED) is 0.428. The summed E-state index contributed by atoms with van der Waals surface area (Å²) >= 11 is 0. The molecule has 3 unspecified atom stereocenters. The number of ether oxygens (including phenoxy) is 3. The molecule has 1 aromatic rings. The molecule has 0 radical (unpaired) electrons. The number of benzene rings is 1. The van der Waals surface area contributed by atoms with Crippen LogP contribution in [0.25, 0.3) is 0 Å². The third-order valence-corrected chi connectivity index (χ3v) is 4.83. The van der Waals surface area contributed by atoms with Gasteiger partial charge in [0.05, 0.1) is 6.42 Å². The van der Waals surface area contributed by atoms with Crippen LogP contribution in [-0.2, 0) is 23.9 Å². The Hall–Kier alpha value is -2.94. The summed E-state index contributed by atoms with van der Waals surface area (Å²) in [6.07, 6.45) is -0.446. The SMILES string of the molecule is CC(=O)Oc1ccc(C(C(C)C(C)OC(=O)CC(C)(C)C)[C@H](N)C(=O)O)cc1OC(C)=O. The van der Waals surface area contributed by atoms with E-state index in [0.717, 1.165) is 0 Å². The number of hydrogen-bond donors (Lipinski definition) is 2. The van der Waals surface area contributed by atoms with E-state index < -0.39 is 47.9 Å². The summed E-state index contributed by atoms with van der Waals surface area (Å²) < 4.78 is 15.8. The van der Waals surface area contributed by atoms with Gasteiger partial charge in [0.15, 0.2) is 11.5 Å². The largest absolute Gasteiger partial charge is 0.480 e. The van der Waals surface area contributed by atoms with Gasteiger partial charge in [-0.3, -0.25) is 19.2 Å². The molecule has 1 aromatic carbocycles. The first-order chi connectivity index (χ1) is 14.6. The first-order valence-electron chi connectivity index (χ1n) is 10.3. The van der Waals surface area contributed by atoms with Crippen LogP contribution < -0.4 is 15.2 Å². The number of carbonyl (C=O) groups is 4. The lowest BCUT2D eigenvalue weighted by atomic mass is 9.79. The van der Waals surface area contributed by atoms with E-state index in [0.29, 0.717) is 5.56 Å². The van der Waals surface area contributed by atoms with Gasteiger partial charge in [0.25, 0.3) is 0 Å². The topological polar surface area (TPSA) is 142 Å². The van der Waals surface area contributed by atoms with Gasteiger partial charge in [-0.25, -0.2) is 0 Å². The average molecular weight is 452 g/mol. The van der Waals surface area contributed by atoms with Crippen molar-refractivity contribution in [3.05, 3.63) is 23.8 Å². The van der Waals surface area contributed by atoms with Crippen LogP contribution in [0.2, 0.25) is 0 Å². The maximum absolute atomic E-state index is 12.3. The van der Waals surface area contributed by atoms with Crippen LogP contribution >= 0.6 is 0 Å². The third kappa shape index (κ3) is 8.30. The molecule has 0 saturated carbocycles. The van der Waals surface area contributed by atoms with Crippen LogP contribution in [0.4, 0.5) is 0 Å². The number of carboxylic acids is 1. The molecule has 0 saturated heterocycles. The van der Waals surface area contributed by atoms with Crippen LogP contribution in [0.1, 0.15) is 66.4 Å². The first-order valence-corrected chi connectivity index (χ1v) is 10.3. The van der Waals surface area contributed by atoms with Gasteiger partial charge in [0.1, 0.15) is 12.1 Å². The summed E-state index contributed by atoms with van der Waals surface area (Å²) in [5.74, 6) is -4.24. The van der Waals surface area contributed by atoms with Crippen molar-refractivity contribution in [2.45, 2.75) is 73.0 Å². The molecule has 9 nitrogen and oxygen atoms in total. The Bertz CT molecular complexity index is 858. The van der Waals surface area contributed by atoms with E-state index in [1.165, 1.54) is 26.0 Å². The molecule has 3 N–H and O–H groups in total. The molecule has 178 valence electrons. The maximum atomic E-state index is 12.3. The van der Waals surface area contributed by atoms with E-state index in [4.69, 9.17) is 19.9 Å². The van der Waals surface area contributed by atoms with E-state index in [-0.39, 0.29) is 23.3 Å². The molecule has 9 heteroatoms. The van der Waals surface area contributed by atoms with Gasteiger partial charge in [-0.1, -0.05) is 33.8 Å². The van der Waals surface area contributed by atoms with Crippen LogP contribution in [0.3, 0.4) is 0 Å². The molecule has 0 spiro atoms. The Morgan fingerprint density at radius 1 is 1.00 bits per heavy atom. The highest BCUT2D eigenvalue weighted by molar-refractivity contribution is 5.76. The van der Waals surface area contributed by atoms with Crippen molar-refractivity contribution in [2.75, 3.05) is 0 Å². The zero-order valence-corrected chi connectivity index (χ0v) is 19.6. The minimum absolute atomic E-state index is 0.0106. The van der Waals surface area contributed by atoms with Gasteiger partial charge in [-0.15, -0.1) is 0 Å². The molecule has 0 fully saturated rings. The number of hydrogen-bond acceptors (Lipinski definition) is 8. The van der Waals surface area contributed by atoms with E-state index in [1.807, 2.05) is 20.8 Å². The van der Waals surface area contributed by atoms with Crippen LogP contribution in [0.15, 0.2) is 18.2 Å². The smallest absolute Gasteiger partial charge is 0.321 e. The summed E-state index contributed by atoms with van der Waals surface area (Å²) in [5, 5.41) is 9.58. The van der Waals surface area contributed by atoms with Crippen molar-refractivity contribution < 1.29 is 38.5 Å². The minimum atomic E-state index is -1.33. The lowest BCUT2D eigenvalue weighted by Crippen LogP contribution is -2.42. The van der Waals surface area contributed by atoms with Gasteiger partial charge >= 0.3 is 23.9 Å². The monoisotopic (exact) mass is 451 g/mol. The molecule has 0 aromatic heterocycles. The Kier molecular flexibility index (Phi) is 9.38. The van der Waals surface area contributed by atoms with Gasteiger partial charge in [-0.05, 0) is 30.0 Å². The summed E-state index contributed by atoms with van der Waals surface area (Å²) in [4.78, 5) is 46.9. The van der Waals surface area contributed by atoms with Crippen molar-refractivity contribution in [3.8, 4) is 11.5 Å². The van der Waals surface area contributed by atoms with Gasteiger partial charge in [0.2, 0.25) is 0 Å². The second kappa shape index (κ2) is 11.1. The fourth-order valence-electron chi connectivity index (χ4n) is 3.28. The van der Waals surface area contributed by atoms with Crippen LogP contribution in [0.5, 0.6) is 11.5 Å². The van der Waals surface area contributed by atoms with Crippen molar-refractivity contribution in [1.82, 2.24) is 0 Å². The Labute approximate surface area is 188 Å². The van der Waals surface area contributed by atoms with Crippen molar-refractivity contribution in [3.63, 3.8) is 0 Å². The number of carbonyl (C=O) groups excluding carboxylic acids is 3. The molecule has 1 rings (SSSR count). The molecule has 0 aliphatic heterocycles. The van der Waals surface area contributed by atoms with Gasteiger partial charge < -0.3 is 25.1 Å². The molecule has 32 heavy (non-hydrogen) atoms. The van der Waals surface area contributed by atoms with Crippen LogP contribution in [0, 0.1) is 11.3 Å². The highest BCUT2D eigenvalue weighted by Gasteiger charge is 2.36. The summed E-state index contributed by atoms with van der Waals surface area (Å²) in [6, 6.07) is 3.02. The fraction of sp³-hybridized carbons (Fsp3) is 0.565. The zero-order valence-electron chi connectivity index (χ0n) is 19.6. The number of rotatable bonds is 9. The standard InChI is InChI=1S/C23H33NO8/c1-12(13(2)30-19(27)11-23(5,6)7)20(21(24)22(28)29)16-8-9-17(31-14(3)25)18(10-16)32-15(4)26/h8-10,12-13,20-21H,11,24H2,1-7H3,(H,28,29)/t12?,13?,20?,21-/m0/s1. The molecule has 0 bridgehead atoms. The highest BCUT2D eigenvalue weighted by Crippen LogP contribution is 2.37. The molecule has 0 amide bonds. The molecular formula is C23H33NO8. The van der Waals surface area contributed by atoms with E-state index >= 15 is 0 Å². The Morgan fingerprint density at radius 3 is 2.00 bits per heavy atom. The molecule has 0 aliphatic carbocycles. The molecule has 0 aliphatic rings. The zero-order chi connectivity index (χ0) is 24.8. The lowest BCUT2D eigenvalue weighted by Gasteiger charge is -2.32. The number of carboxylic acid groups (broad SMARTS) is 1. The van der Waals surface area contributed by atoms with Gasteiger partial charge in [-0.2, -0.15) is 0 Å². The second-order valence-electron chi connectivity index (χ2n) is 9.07. The number of aliphatic carboxylic acids is 1. The minimum Gasteiger partial charge on any atom is -0.480 e. The van der Waals surface area contributed by atoms with Crippen molar-refractivity contribution >= 4 is 23.9 Å². The lowest BCUT2D eigenvalue weighted by molar-refractivity contribution is -0.153. The van der Waals surface area contributed by atoms with E-state index in [9.17, 15) is 24.3 Å². The van der Waals surface area contributed by atoms with Crippen molar-refractivity contribution in [1.29, 1.82) is 0 Å². The maximum Gasteiger partial charge on any atom is 0.321 e. The number of esters is 3. The first kappa shape index (κ1) is 27.1. The summed E-state index contributed by atoms with van der Waals surface area (Å²) in [5.41, 5.74) is 6.17. The summed E-state index contributed by atoms with van der Waals surface area (Å²) in [6.45, 7) is 11.5. The second-order valence-corrected chi connectivity index (χ2v) is 9.07. The highest BCUT2D eigenvalue weighted by atomic mass is 16.6. The normalized spacial score (nSPS) is 15.1. The van der Waals surface area contributed by atoms with Crippen LogP contribution in [-0.4, -0.2) is 41.1 Å². The average Bonchev–Trinajstić information content (AvgIpc) is 2.61. The third-order valence-electron chi connectivity index (χ3n) is 4.83. The fourth-order valence-corrected chi connectivity index (χ4v) is 3.28. The predicted molar refractivity (Wildman–Crippen MR) is 116 cm³/mol. The summed E-state index contributed by atoms with van der Waals surface area (Å²) in [7, 11) is 0. The Morgan fingerprint density at radius 2 is 1.53 bits per heavy atom. The van der Waals surface area contributed by atoms with E-state index in [2.05, 4.69) is 0 Å². The predicted octanol–water partition coefficient (Wildman–Crippen LogP) is 3.04. The Balaban J connectivity index is 3.33. The van der Waals surface area contributed by atoms with E-state index in [1.54, 1.807) is 19.9 Å². The van der Waals surface area contributed by atoms with Gasteiger partial charge in [0, 0.05) is 25.7 Å². The molecular weight excluding hydrogens is 418 g/mol.